The Balaban J connectivity index is 2.03. The van der Waals surface area contributed by atoms with Crippen LogP contribution in [0.4, 0.5) is 0 Å². The molecule has 2 rings (SSSR count). The number of benzene rings is 1. The van der Waals surface area contributed by atoms with Crippen LogP contribution < -0.4 is 5.73 Å². The summed E-state index contributed by atoms with van der Waals surface area (Å²) in [5.41, 5.74) is 7.06. The molecule has 1 aromatic carbocycles. The van der Waals surface area contributed by atoms with Crippen molar-refractivity contribution in [1.29, 1.82) is 0 Å². The summed E-state index contributed by atoms with van der Waals surface area (Å²) >= 11 is 8.54. The third-order valence-electron chi connectivity index (χ3n) is 2.99. The normalized spacial score (nSPS) is 21.2. The molecule has 0 radical (unpaired) electrons. The molecular formula is C12H15BrN2S. The molecule has 1 atom stereocenters. The average Bonchev–Trinajstić information content (AvgIpc) is 2.69. The highest BCUT2D eigenvalue weighted by Gasteiger charge is 2.26. The van der Waals surface area contributed by atoms with Crippen LogP contribution in [0, 0.1) is 0 Å². The van der Waals surface area contributed by atoms with Crippen molar-refractivity contribution in [2.45, 2.75) is 25.4 Å². The van der Waals surface area contributed by atoms with Crippen molar-refractivity contribution < 1.29 is 0 Å². The van der Waals surface area contributed by atoms with Gasteiger partial charge >= 0.3 is 0 Å². The van der Waals surface area contributed by atoms with Gasteiger partial charge in [-0.05, 0) is 37.1 Å². The van der Waals surface area contributed by atoms with Crippen LogP contribution in [0.1, 0.15) is 18.4 Å². The first-order valence-electron chi connectivity index (χ1n) is 5.44. The van der Waals surface area contributed by atoms with Crippen LogP contribution in [0.2, 0.25) is 0 Å². The fraction of sp³-hybridized carbons (Fsp3) is 0.417. The predicted octanol–water partition coefficient (Wildman–Crippen LogP) is 2.70. The lowest BCUT2D eigenvalue weighted by Crippen LogP contribution is -2.38. The highest BCUT2D eigenvalue weighted by Crippen LogP contribution is 2.21. The van der Waals surface area contributed by atoms with Gasteiger partial charge in [0, 0.05) is 11.0 Å². The molecule has 0 saturated carbocycles. The zero-order valence-electron chi connectivity index (χ0n) is 9.03. The summed E-state index contributed by atoms with van der Waals surface area (Å²) in [7, 11) is 0. The minimum absolute atomic E-state index is 0.290. The maximum absolute atomic E-state index is 5.75. The SMILES string of the molecule is NC(=S)C1CCCN1Cc1ccc(Br)cc1. The third-order valence-corrected chi connectivity index (χ3v) is 3.79. The standard InChI is InChI=1S/C12H15BrN2S/c13-10-5-3-9(4-6-10)8-15-7-1-2-11(15)12(14)16/h3-6,11H,1-2,7-8H2,(H2,14,16). The van der Waals surface area contributed by atoms with Crippen molar-refractivity contribution in [3.8, 4) is 0 Å². The minimum atomic E-state index is 0.290. The van der Waals surface area contributed by atoms with E-state index in [1.807, 2.05) is 0 Å². The fourth-order valence-electron chi connectivity index (χ4n) is 2.16. The zero-order valence-corrected chi connectivity index (χ0v) is 11.4. The number of hydrogen-bond donors (Lipinski definition) is 1. The summed E-state index contributed by atoms with van der Waals surface area (Å²) in [4.78, 5) is 3.00. The van der Waals surface area contributed by atoms with Crippen LogP contribution in [-0.2, 0) is 6.54 Å². The van der Waals surface area contributed by atoms with Gasteiger partial charge in [-0.25, -0.2) is 0 Å². The number of rotatable bonds is 3. The molecule has 0 spiro atoms. The topological polar surface area (TPSA) is 29.3 Å². The highest BCUT2D eigenvalue weighted by molar-refractivity contribution is 9.10. The molecular weight excluding hydrogens is 284 g/mol. The number of thiocarbonyl (C=S) groups is 1. The van der Waals surface area contributed by atoms with E-state index < -0.39 is 0 Å². The van der Waals surface area contributed by atoms with E-state index in [-0.39, 0.29) is 0 Å². The molecule has 1 saturated heterocycles. The lowest BCUT2D eigenvalue weighted by molar-refractivity contribution is 0.295. The lowest BCUT2D eigenvalue weighted by atomic mass is 10.2. The Morgan fingerprint density at radius 1 is 1.44 bits per heavy atom. The van der Waals surface area contributed by atoms with Crippen molar-refractivity contribution in [2.24, 2.45) is 5.73 Å². The van der Waals surface area contributed by atoms with Crippen LogP contribution in [-0.4, -0.2) is 22.5 Å². The maximum Gasteiger partial charge on any atom is 0.0902 e. The molecule has 86 valence electrons. The van der Waals surface area contributed by atoms with E-state index in [0.29, 0.717) is 11.0 Å². The van der Waals surface area contributed by atoms with Gasteiger partial charge in [-0.2, -0.15) is 0 Å². The number of likely N-dealkylation sites (tertiary alicyclic amines) is 1. The van der Waals surface area contributed by atoms with Crippen molar-refractivity contribution >= 4 is 33.1 Å². The molecule has 1 fully saturated rings. The van der Waals surface area contributed by atoms with Crippen LogP contribution in [0.25, 0.3) is 0 Å². The predicted molar refractivity (Wildman–Crippen MR) is 74.4 cm³/mol. The van der Waals surface area contributed by atoms with E-state index in [1.165, 1.54) is 12.0 Å². The highest BCUT2D eigenvalue weighted by atomic mass is 79.9. The first kappa shape index (κ1) is 12.0. The molecule has 0 bridgehead atoms. The first-order chi connectivity index (χ1) is 7.66. The summed E-state index contributed by atoms with van der Waals surface area (Å²) in [5.74, 6) is 0. The number of hydrogen-bond acceptors (Lipinski definition) is 2. The van der Waals surface area contributed by atoms with E-state index in [9.17, 15) is 0 Å². The molecule has 16 heavy (non-hydrogen) atoms. The second-order valence-electron chi connectivity index (χ2n) is 4.16. The van der Waals surface area contributed by atoms with Crippen molar-refractivity contribution in [2.75, 3.05) is 6.54 Å². The maximum atomic E-state index is 5.75. The first-order valence-corrected chi connectivity index (χ1v) is 6.65. The Kier molecular flexibility index (Phi) is 3.95. The molecule has 0 amide bonds. The van der Waals surface area contributed by atoms with Crippen molar-refractivity contribution in [3.63, 3.8) is 0 Å². The quantitative estimate of drug-likeness (QED) is 0.870. The summed E-state index contributed by atoms with van der Waals surface area (Å²) < 4.78 is 1.11. The van der Waals surface area contributed by atoms with Crippen LogP contribution in [0.15, 0.2) is 28.7 Å². The lowest BCUT2D eigenvalue weighted by Gasteiger charge is -2.23. The Bertz CT molecular complexity index is 377. The van der Waals surface area contributed by atoms with E-state index in [2.05, 4.69) is 45.1 Å². The van der Waals surface area contributed by atoms with Crippen molar-refractivity contribution in [3.05, 3.63) is 34.3 Å². The van der Waals surface area contributed by atoms with Gasteiger partial charge in [-0.15, -0.1) is 0 Å². The molecule has 1 aliphatic heterocycles. The second-order valence-corrected chi connectivity index (χ2v) is 5.54. The van der Waals surface area contributed by atoms with Gasteiger partial charge in [0.05, 0.1) is 11.0 Å². The molecule has 1 aromatic rings. The van der Waals surface area contributed by atoms with Gasteiger partial charge in [0.2, 0.25) is 0 Å². The van der Waals surface area contributed by atoms with Gasteiger partial charge in [0.15, 0.2) is 0 Å². The molecule has 1 aliphatic rings. The zero-order chi connectivity index (χ0) is 11.5. The Labute approximate surface area is 110 Å². The van der Waals surface area contributed by atoms with Gasteiger partial charge < -0.3 is 5.73 Å². The van der Waals surface area contributed by atoms with Gasteiger partial charge in [-0.1, -0.05) is 40.3 Å². The van der Waals surface area contributed by atoms with E-state index >= 15 is 0 Å². The van der Waals surface area contributed by atoms with Gasteiger partial charge in [-0.3, -0.25) is 4.90 Å². The second kappa shape index (κ2) is 5.25. The van der Waals surface area contributed by atoms with Gasteiger partial charge in [0.25, 0.3) is 0 Å². The van der Waals surface area contributed by atoms with E-state index in [0.717, 1.165) is 24.0 Å². The molecule has 4 heteroatoms. The molecule has 2 nitrogen and oxygen atoms in total. The molecule has 0 aliphatic carbocycles. The third kappa shape index (κ3) is 2.81. The molecule has 2 N–H and O–H groups in total. The average molecular weight is 299 g/mol. The van der Waals surface area contributed by atoms with Crippen LogP contribution in [0.5, 0.6) is 0 Å². The van der Waals surface area contributed by atoms with Gasteiger partial charge in [0.1, 0.15) is 0 Å². The summed E-state index contributed by atoms with van der Waals surface area (Å²) in [6.45, 7) is 2.04. The molecule has 0 aromatic heterocycles. The smallest absolute Gasteiger partial charge is 0.0902 e. The Morgan fingerprint density at radius 2 is 2.12 bits per heavy atom. The van der Waals surface area contributed by atoms with Crippen molar-refractivity contribution in [1.82, 2.24) is 4.90 Å². The van der Waals surface area contributed by atoms with E-state index in [4.69, 9.17) is 18.0 Å². The fourth-order valence-corrected chi connectivity index (χ4v) is 2.69. The summed E-state index contributed by atoms with van der Waals surface area (Å²) in [6, 6.07) is 8.71. The summed E-state index contributed by atoms with van der Waals surface area (Å²) in [5, 5.41) is 0. The van der Waals surface area contributed by atoms with E-state index in [1.54, 1.807) is 0 Å². The Morgan fingerprint density at radius 3 is 2.75 bits per heavy atom. The molecule has 1 unspecified atom stereocenters. The molecule has 1 heterocycles. The van der Waals surface area contributed by atoms with Crippen LogP contribution in [0.3, 0.4) is 0 Å². The summed E-state index contributed by atoms with van der Waals surface area (Å²) in [6.07, 6.45) is 2.30. The largest absolute Gasteiger partial charge is 0.392 e. The number of nitrogens with zero attached hydrogens (tertiary/aromatic N) is 1. The van der Waals surface area contributed by atoms with Crippen LogP contribution >= 0.6 is 28.1 Å². The minimum Gasteiger partial charge on any atom is -0.392 e. The monoisotopic (exact) mass is 298 g/mol. The number of nitrogens with two attached hydrogens (primary N) is 1. The Hall–Kier alpha value is -0.450. The number of halogens is 1.